The molecule has 0 aliphatic carbocycles. The summed E-state index contributed by atoms with van der Waals surface area (Å²) in [5.74, 6) is 0.255. The van der Waals surface area contributed by atoms with Gasteiger partial charge in [0.1, 0.15) is 23.5 Å². The smallest absolute Gasteiger partial charge is 0.240 e. The first-order valence-electron chi connectivity index (χ1n) is 10.3. The Balaban J connectivity index is 1.49. The van der Waals surface area contributed by atoms with Gasteiger partial charge in [-0.05, 0) is 23.9 Å². The third-order valence-corrected chi connectivity index (χ3v) is 5.40. The van der Waals surface area contributed by atoms with Gasteiger partial charge in [-0.1, -0.05) is 12.1 Å². The number of carbonyl (C=O) groups excluding carboxylic acids is 1. The summed E-state index contributed by atoms with van der Waals surface area (Å²) in [5.41, 5.74) is 2.86. The highest BCUT2D eigenvalue weighted by atomic mass is 16.2. The summed E-state index contributed by atoms with van der Waals surface area (Å²) in [6.07, 6.45) is 5.66. The van der Waals surface area contributed by atoms with Crippen molar-refractivity contribution < 1.29 is 4.79 Å². The first-order chi connectivity index (χ1) is 14.3. The Hall–Kier alpha value is -2.65. The fourth-order valence-electron chi connectivity index (χ4n) is 3.48. The van der Waals surface area contributed by atoms with E-state index < -0.39 is 0 Å². The molecule has 1 N–H and O–H groups in total. The maximum atomic E-state index is 12.4. The van der Waals surface area contributed by atoms with E-state index in [-0.39, 0.29) is 11.1 Å². The summed E-state index contributed by atoms with van der Waals surface area (Å²) in [6.45, 7) is 4.12. The number of rotatable bonds is 5. The molecule has 11 heteroatoms. The molecule has 0 atom stereocenters. The topological polar surface area (TPSA) is 79.2 Å². The zero-order chi connectivity index (χ0) is 21.3. The molecule has 0 radical (unpaired) electrons. The summed E-state index contributed by atoms with van der Waals surface area (Å²) >= 11 is 0. The van der Waals surface area contributed by atoms with Crippen molar-refractivity contribution in [3.63, 3.8) is 0 Å². The summed E-state index contributed by atoms with van der Waals surface area (Å²) in [5, 5.41) is 8.18. The number of piperazine rings is 1. The van der Waals surface area contributed by atoms with Crippen LogP contribution in [0.25, 0.3) is 22.0 Å². The molecule has 1 saturated heterocycles. The number of aromatic nitrogens is 4. The lowest BCUT2D eigenvalue weighted by Crippen LogP contribution is -2.47. The average Bonchev–Trinajstić information content (AvgIpc) is 3.20. The quantitative estimate of drug-likeness (QED) is 0.506. The molecule has 30 heavy (non-hydrogen) atoms. The van der Waals surface area contributed by atoms with Crippen LogP contribution >= 0.6 is 0 Å². The van der Waals surface area contributed by atoms with Gasteiger partial charge < -0.3 is 4.90 Å². The average molecular weight is 401 g/mol. The summed E-state index contributed by atoms with van der Waals surface area (Å²) < 4.78 is 1.95. The number of nitrogens with zero attached hydrogens (tertiary/aromatic N) is 6. The first-order valence-corrected chi connectivity index (χ1v) is 10.3. The molecule has 152 valence electrons. The largest absolute Gasteiger partial charge is 0.304 e. The lowest BCUT2D eigenvalue weighted by molar-refractivity contribution is -0.117. The van der Waals surface area contributed by atoms with Crippen molar-refractivity contribution in [1.29, 1.82) is 0 Å². The third kappa shape index (κ3) is 4.74. The van der Waals surface area contributed by atoms with Crippen LogP contribution < -0.4 is 5.32 Å². The normalized spacial score (nSPS) is 16.0. The van der Waals surface area contributed by atoms with Crippen molar-refractivity contribution in [2.45, 2.75) is 5.24 Å². The lowest BCUT2D eigenvalue weighted by Gasteiger charge is -2.31. The van der Waals surface area contributed by atoms with E-state index in [0.717, 1.165) is 48.2 Å². The zero-order valence-electron chi connectivity index (χ0n) is 18.1. The zero-order valence-corrected chi connectivity index (χ0v) is 18.1. The number of likely N-dealkylation sites (N-methyl/N-ethyl adjacent to an activating group) is 1. The van der Waals surface area contributed by atoms with E-state index >= 15 is 0 Å². The number of hydrogen-bond donors (Lipinski definition) is 1. The Kier molecular flexibility index (Phi) is 5.66. The fourth-order valence-corrected chi connectivity index (χ4v) is 3.48. The molecule has 3 aromatic rings. The van der Waals surface area contributed by atoms with Crippen LogP contribution in [-0.4, -0.2) is 98.8 Å². The molecule has 8 nitrogen and oxygen atoms in total. The summed E-state index contributed by atoms with van der Waals surface area (Å²) in [7, 11) is 8.46. The first kappa shape index (κ1) is 20.6. The van der Waals surface area contributed by atoms with Gasteiger partial charge in [0.15, 0.2) is 0 Å². The van der Waals surface area contributed by atoms with Gasteiger partial charge >= 0.3 is 0 Å². The Morgan fingerprint density at radius 2 is 1.90 bits per heavy atom. The summed E-state index contributed by atoms with van der Waals surface area (Å²) in [6, 6.07) is 6.05. The van der Waals surface area contributed by atoms with Crippen LogP contribution in [0, 0.1) is 0 Å². The Bertz CT molecular complexity index is 1060. The minimum Gasteiger partial charge on any atom is -0.304 e. The molecule has 1 aliphatic heterocycles. The van der Waals surface area contributed by atoms with Crippen molar-refractivity contribution in [3.8, 4) is 11.1 Å². The maximum Gasteiger partial charge on any atom is 0.240 e. The van der Waals surface area contributed by atoms with Crippen LogP contribution in [0.1, 0.15) is 0 Å². The molecule has 1 fully saturated rings. The number of amides is 1. The van der Waals surface area contributed by atoms with Gasteiger partial charge in [0.05, 0.1) is 18.3 Å². The van der Waals surface area contributed by atoms with E-state index in [1.54, 1.807) is 6.20 Å². The van der Waals surface area contributed by atoms with Crippen molar-refractivity contribution in [2.75, 3.05) is 45.1 Å². The molecule has 0 bridgehead atoms. The van der Waals surface area contributed by atoms with E-state index in [1.807, 2.05) is 35.3 Å². The molecule has 0 saturated carbocycles. The molecule has 2 aromatic heterocycles. The monoisotopic (exact) mass is 401 g/mol. The minimum atomic E-state index is -0.0819. The van der Waals surface area contributed by atoms with E-state index in [2.05, 4.69) is 60.8 Å². The standard InChI is InChI=1S/C19H26B3N7O/c1-27-4-6-28(7-5-27)12-17(30)26-18-23-9-14-3-2-13(8-16(14)25-18)15-10-24-29(11-15)19(20,21)22/h2-3,8-11H,4-7,12,20-22H2,1H3,(H,23,25,26,30). The molecule has 4 rings (SSSR count). The fraction of sp³-hybridized carbons (Fsp3) is 0.368. The highest BCUT2D eigenvalue weighted by molar-refractivity contribution is 6.56. The van der Waals surface area contributed by atoms with Crippen molar-refractivity contribution >= 4 is 46.3 Å². The van der Waals surface area contributed by atoms with Crippen LogP contribution in [0.15, 0.2) is 36.8 Å². The van der Waals surface area contributed by atoms with Gasteiger partial charge in [-0.2, -0.15) is 5.10 Å². The van der Waals surface area contributed by atoms with Crippen LogP contribution in [-0.2, 0) is 10.0 Å². The molecular weight excluding hydrogens is 375 g/mol. The maximum absolute atomic E-state index is 12.4. The van der Waals surface area contributed by atoms with Gasteiger partial charge in [-0.25, -0.2) is 9.97 Å². The van der Waals surface area contributed by atoms with Gasteiger partial charge in [-0.3, -0.25) is 19.7 Å². The summed E-state index contributed by atoms with van der Waals surface area (Å²) in [4.78, 5) is 25.7. The number of carbonyl (C=O) groups is 1. The number of benzene rings is 1. The molecular formula is C19H26B3N7O. The van der Waals surface area contributed by atoms with E-state index in [0.29, 0.717) is 12.5 Å². The number of fused-ring (bicyclic) bond motifs is 1. The van der Waals surface area contributed by atoms with Gasteiger partial charge in [-0.15, -0.1) is 0 Å². The van der Waals surface area contributed by atoms with E-state index in [9.17, 15) is 4.79 Å². The van der Waals surface area contributed by atoms with Crippen LogP contribution in [0.3, 0.4) is 0 Å². The van der Waals surface area contributed by atoms with Crippen molar-refractivity contribution in [1.82, 2.24) is 29.5 Å². The number of anilines is 1. The lowest BCUT2D eigenvalue weighted by atomic mass is 9.49. The molecule has 1 aliphatic rings. The van der Waals surface area contributed by atoms with Crippen LogP contribution in [0.4, 0.5) is 5.95 Å². The second kappa shape index (κ2) is 8.24. The Morgan fingerprint density at radius 1 is 1.13 bits per heavy atom. The number of hydrogen-bond acceptors (Lipinski definition) is 6. The van der Waals surface area contributed by atoms with E-state index in [4.69, 9.17) is 0 Å². The number of nitrogens with one attached hydrogen (secondary N) is 1. The van der Waals surface area contributed by atoms with Crippen molar-refractivity contribution in [2.24, 2.45) is 0 Å². The van der Waals surface area contributed by atoms with E-state index in [1.165, 1.54) is 0 Å². The van der Waals surface area contributed by atoms with Crippen LogP contribution in [0.5, 0.6) is 0 Å². The minimum absolute atomic E-state index is 0.0709. The second-order valence-corrected chi connectivity index (χ2v) is 8.94. The highest BCUT2D eigenvalue weighted by Gasteiger charge is 2.18. The predicted octanol–water partition coefficient (Wildman–Crippen LogP) is -1.85. The molecule has 0 unspecified atom stereocenters. The van der Waals surface area contributed by atoms with Gasteiger partial charge in [0.25, 0.3) is 0 Å². The second-order valence-electron chi connectivity index (χ2n) is 8.94. The SMILES string of the molecule is BC(B)(B)n1cc(-c2ccc3cnc(NC(=O)CN4CCN(C)CC4)nc3c2)cn1. The third-order valence-electron chi connectivity index (χ3n) is 5.40. The van der Waals surface area contributed by atoms with Gasteiger partial charge in [0, 0.05) is 49.5 Å². The van der Waals surface area contributed by atoms with Gasteiger partial charge in [0.2, 0.25) is 11.9 Å². The molecule has 3 heterocycles. The highest BCUT2D eigenvalue weighted by Crippen LogP contribution is 2.24. The van der Waals surface area contributed by atoms with Crippen LogP contribution in [0.2, 0.25) is 0 Å². The molecule has 1 aromatic carbocycles. The Morgan fingerprint density at radius 3 is 2.60 bits per heavy atom. The predicted molar refractivity (Wildman–Crippen MR) is 127 cm³/mol. The van der Waals surface area contributed by atoms with Crippen molar-refractivity contribution in [3.05, 3.63) is 36.8 Å². The molecule has 0 spiro atoms. The Labute approximate surface area is 179 Å². The molecule has 1 amide bonds.